The zero-order valence-electron chi connectivity index (χ0n) is 19.2. The van der Waals surface area contributed by atoms with Gasteiger partial charge in [0, 0.05) is 24.2 Å². The Hall–Kier alpha value is -0.860. The summed E-state index contributed by atoms with van der Waals surface area (Å²) >= 11 is 0. The number of carbonyl (C=O) groups excluding carboxylic acids is 2. The number of carbonyl (C=O) groups is 2. The summed E-state index contributed by atoms with van der Waals surface area (Å²) in [4.78, 5) is 24.8. The number of fused-ring (bicyclic) bond motifs is 5. The second-order valence-electron chi connectivity index (χ2n) is 11.5. The van der Waals surface area contributed by atoms with E-state index in [-0.39, 0.29) is 23.4 Å². The highest BCUT2D eigenvalue weighted by molar-refractivity contribution is 5.82. The molecule has 164 valence electrons. The van der Waals surface area contributed by atoms with Gasteiger partial charge < -0.3 is 4.74 Å². The first-order valence-corrected chi connectivity index (χ1v) is 12.5. The third kappa shape index (κ3) is 3.59. The fourth-order valence-corrected chi connectivity index (χ4v) is 8.29. The molecule has 0 radical (unpaired) electrons. The highest BCUT2D eigenvalue weighted by atomic mass is 16.5. The van der Waals surface area contributed by atoms with E-state index in [1.807, 2.05) is 0 Å². The van der Waals surface area contributed by atoms with Gasteiger partial charge in [0.05, 0.1) is 0 Å². The lowest BCUT2D eigenvalue weighted by Crippen LogP contribution is -2.55. The molecule has 4 saturated carbocycles. The number of ketones is 1. The normalized spacial score (nSPS) is 46.6. The molecule has 0 aromatic heterocycles. The number of hydrogen-bond acceptors (Lipinski definition) is 3. The first-order chi connectivity index (χ1) is 13.8. The molecular weight excluding hydrogens is 360 g/mol. The smallest absolute Gasteiger partial charge is 0.306 e. The molecular formula is C26H42O3. The fourth-order valence-electron chi connectivity index (χ4n) is 8.29. The first kappa shape index (κ1) is 21.4. The average Bonchev–Trinajstić information content (AvgIpc) is 3.00. The fraction of sp³-hybridized carbons (Fsp3) is 0.923. The second-order valence-corrected chi connectivity index (χ2v) is 11.5. The van der Waals surface area contributed by atoms with E-state index in [2.05, 4.69) is 27.7 Å². The maximum atomic E-state index is 12.4. The van der Waals surface area contributed by atoms with Gasteiger partial charge in [-0.05, 0) is 80.5 Å². The van der Waals surface area contributed by atoms with Crippen LogP contribution >= 0.6 is 0 Å². The van der Waals surface area contributed by atoms with Crippen molar-refractivity contribution >= 4 is 11.8 Å². The van der Waals surface area contributed by atoms with Gasteiger partial charge in [0.15, 0.2) is 0 Å². The summed E-state index contributed by atoms with van der Waals surface area (Å²) in [6.45, 7) is 9.27. The van der Waals surface area contributed by atoms with Crippen molar-refractivity contribution in [2.75, 3.05) is 0 Å². The summed E-state index contributed by atoms with van der Waals surface area (Å²) in [6.07, 6.45) is 13.1. The molecule has 29 heavy (non-hydrogen) atoms. The third-order valence-electron chi connectivity index (χ3n) is 9.98. The van der Waals surface area contributed by atoms with Gasteiger partial charge in [0.25, 0.3) is 0 Å². The van der Waals surface area contributed by atoms with E-state index in [9.17, 15) is 9.59 Å². The van der Waals surface area contributed by atoms with Crippen molar-refractivity contribution in [3.05, 3.63) is 0 Å². The van der Waals surface area contributed by atoms with Crippen LogP contribution in [0.2, 0.25) is 0 Å². The minimum atomic E-state index is 0.0303. The van der Waals surface area contributed by atoms with E-state index in [0.29, 0.717) is 29.5 Å². The number of hydrogen-bond donors (Lipinski definition) is 0. The Balaban J connectivity index is 1.46. The van der Waals surface area contributed by atoms with Crippen molar-refractivity contribution in [1.82, 2.24) is 0 Å². The predicted octanol–water partition coefficient (Wildman–Crippen LogP) is 6.34. The van der Waals surface area contributed by atoms with Crippen LogP contribution in [0.5, 0.6) is 0 Å². The van der Waals surface area contributed by atoms with Gasteiger partial charge in [-0.25, -0.2) is 0 Å². The lowest BCUT2D eigenvalue weighted by Gasteiger charge is -2.60. The largest absolute Gasteiger partial charge is 0.462 e. The number of unbranched alkanes of at least 4 members (excludes halogenated alkanes) is 2. The van der Waals surface area contributed by atoms with Gasteiger partial charge in [0.1, 0.15) is 11.9 Å². The van der Waals surface area contributed by atoms with E-state index in [1.54, 1.807) is 0 Å². The number of ether oxygens (including phenoxy) is 1. The second kappa shape index (κ2) is 8.00. The summed E-state index contributed by atoms with van der Waals surface area (Å²) in [5.74, 6) is 3.59. The van der Waals surface area contributed by atoms with Crippen LogP contribution < -0.4 is 0 Å². The lowest BCUT2D eigenvalue weighted by atomic mass is 9.44. The summed E-state index contributed by atoms with van der Waals surface area (Å²) in [6, 6.07) is 0. The topological polar surface area (TPSA) is 43.4 Å². The lowest BCUT2D eigenvalue weighted by molar-refractivity contribution is -0.165. The molecule has 0 aromatic carbocycles. The Morgan fingerprint density at radius 3 is 2.55 bits per heavy atom. The molecule has 4 aliphatic carbocycles. The zero-order valence-corrected chi connectivity index (χ0v) is 19.2. The maximum Gasteiger partial charge on any atom is 0.306 e. The third-order valence-corrected chi connectivity index (χ3v) is 9.98. The van der Waals surface area contributed by atoms with Gasteiger partial charge in [-0.3, -0.25) is 9.59 Å². The molecule has 0 spiro atoms. The summed E-state index contributed by atoms with van der Waals surface area (Å²) in [5.41, 5.74) is 0.507. The minimum Gasteiger partial charge on any atom is -0.462 e. The first-order valence-electron chi connectivity index (χ1n) is 12.5. The quantitative estimate of drug-likeness (QED) is 0.398. The molecule has 0 unspecified atom stereocenters. The minimum absolute atomic E-state index is 0.0303. The van der Waals surface area contributed by atoms with Crippen LogP contribution in [0.3, 0.4) is 0 Å². The highest BCUT2D eigenvalue weighted by Crippen LogP contribution is 2.66. The Morgan fingerprint density at radius 2 is 1.79 bits per heavy atom. The number of Topliss-reactive ketones (excluding diaryl/α,β-unsaturated/α-hetero) is 1. The molecule has 4 fully saturated rings. The standard InChI is InChI=1S/C26H42O3/c1-5-6-7-8-24(28)29-23-12-11-20-19-10-9-18-15-22(27)17(2)16-26(18,4)21(19)13-14-25(20,23)3/h17-21,23H,5-16H2,1-4H3/t17-,18+,19+,20+,21+,23+,25+,26+/m1/s1. The Morgan fingerprint density at radius 1 is 1.03 bits per heavy atom. The van der Waals surface area contributed by atoms with Crippen LogP contribution in [-0.2, 0) is 14.3 Å². The Kier molecular flexibility index (Phi) is 5.90. The van der Waals surface area contributed by atoms with Crippen LogP contribution in [0.15, 0.2) is 0 Å². The number of rotatable bonds is 5. The van der Waals surface area contributed by atoms with Crippen molar-refractivity contribution in [3.63, 3.8) is 0 Å². The molecule has 3 heteroatoms. The molecule has 0 N–H and O–H groups in total. The van der Waals surface area contributed by atoms with Crippen LogP contribution in [0.25, 0.3) is 0 Å². The number of esters is 1. The van der Waals surface area contributed by atoms with Gasteiger partial charge in [-0.2, -0.15) is 0 Å². The summed E-state index contributed by atoms with van der Waals surface area (Å²) in [7, 11) is 0. The molecule has 0 aliphatic heterocycles. The molecule has 0 heterocycles. The molecule has 0 saturated heterocycles. The molecule has 0 bridgehead atoms. The maximum absolute atomic E-state index is 12.4. The van der Waals surface area contributed by atoms with Crippen LogP contribution in [0, 0.1) is 40.4 Å². The van der Waals surface area contributed by atoms with Crippen LogP contribution in [0.4, 0.5) is 0 Å². The van der Waals surface area contributed by atoms with Gasteiger partial charge in [-0.1, -0.05) is 40.5 Å². The van der Waals surface area contributed by atoms with Gasteiger partial charge >= 0.3 is 5.97 Å². The predicted molar refractivity (Wildman–Crippen MR) is 115 cm³/mol. The molecule has 8 atom stereocenters. The zero-order chi connectivity index (χ0) is 20.8. The van der Waals surface area contributed by atoms with Crippen molar-refractivity contribution in [2.24, 2.45) is 40.4 Å². The van der Waals surface area contributed by atoms with Gasteiger partial charge in [0.2, 0.25) is 0 Å². The Labute approximate surface area is 177 Å². The summed E-state index contributed by atoms with van der Waals surface area (Å²) < 4.78 is 6.09. The summed E-state index contributed by atoms with van der Waals surface area (Å²) in [5, 5.41) is 0. The molecule has 0 amide bonds. The SMILES string of the molecule is CCCCCC(=O)O[C@H]1CC[C@H]2[C@@H]3CC[C@H]4CC(=O)[C@H](C)C[C@]4(C)[C@H]3CC[C@]12C. The molecule has 3 nitrogen and oxygen atoms in total. The highest BCUT2D eigenvalue weighted by Gasteiger charge is 2.61. The van der Waals surface area contributed by atoms with Crippen molar-refractivity contribution < 1.29 is 14.3 Å². The van der Waals surface area contributed by atoms with Crippen LogP contribution in [0.1, 0.15) is 105 Å². The van der Waals surface area contributed by atoms with Crippen molar-refractivity contribution in [3.8, 4) is 0 Å². The van der Waals surface area contributed by atoms with E-state index in [4.69, 9.17) is 4.74 Å². The van der Waals surface area contributed by atoms with Crippen molar-refractivity contribution in [2.45, 2.75) is 111 Å². The average molecular weight is 403 g/mol. The van der Waals surface area contributed by atoms with Crippen LogP contribution in [-0.4, -0.2) is 17.9 Å². The van der Waals surface area contributed by atoms with E-state index < -0.39 is 0 Å². The molecule has 0 aromatic rings. The molecule has 4 rings (SSSR count). The molecule has 4 aliphatic rings. The van der Waals surface area contributed by atoms with E-state index >= 15 is 0 Å². The van der Waals surface area contributed by atoms with Crippen molar-refractivity contribution in [1.29, 1.82) is 0 Å². The van der Waals surface area contributed by atoms with Gasteiger partial charge in [-0.15, -0.1) is 0 Å². The van der Waals surface area contributed by atoms with E-state index in [0.717, 1.165) is 50.4 Å². The Bertz CT molecular complexity index is 642. The van der Waals surface area contributed by atoms with E-state index in [1.165, 1.54) is 32.1 Å². The monoisotopic (exact) mass is 402 g/mol.